The lowest BCUT2D eigenvalue weighted by Crippen LogP contribution is -2.61. The van der Waals surface area contributed by atoms with E-state index in [0.29, 0.717) is 38.8 Å². The van der Waals surface area contributed by atoms with Crippen LogP contribution in [-0.2, 0) is 4.29 Å². The Kier molecular flexibility index (Phi) is 5.38. The molecule has 0 saturated carbocycles. The van der Waals surface area contributed by atoms with Gasteiger partial charge in [0.15, 0.2) is 0 Å². The molecule has 8 nitrogen and oxygen atoms in total. The average Bonchev–Trinajstić information content (AvgIpc) is 2.75. The van der Waals surface area contributed by atoms with Crippen molar-refractivity contribution in [3.8, 4) is 22.5 Å². The van der Waals surface area contributed by atoms with E-state index in [9.17, 15) is 18.8 Å². The second-order valence-electron chi connectivity index (χ2n) is 6.63. The highest BCUT2D eigenvalue weighted by molar-refractivity contribution is 6.08. The van der Waals surface area contributed by atoms with Crippen LogP contribution in [0.4, 0.5) is 5.69 Å². The van der Waals surface area contributed by atoms with Gasteiger partial charge < -0.3 is 9.73 Å². The number of nitrogens with zero attached hydrogens (tertiary/aromatic N) is 1. The van der Waals surface area contributed by atoms with Crippen LogP contribution in [0.25, 0.3) is 33.4 Å². The molecular formula is C22H17ClN2O6. The van der Waals surface area contributed by atoms with Gasteiger partial charge in [-0.25, -0.2) is 4.79 Å². The summed E-state index contributed by atoms with van der Waals surface area (Å²) >= 11 is 0. The van der Waals surface area contributed by atoms with Crippen molar-refractivity contribution in [1.29, 1.82) is 0 Å². The first-order valence-corrected chi connectivity index (χ1v) is 10.4. The van der Waals surface area contributed by atoms with Crippen LogP contribution < -0.4 is 24.7 Å². The minimum atomic E-state index is -4.92. The maximum Gasteiger partial charge on any atom is 0.494 e. The summed E-state index contributed by atoms with van der Waals surface area (Å²) in [6, 6.07) is 17.2. The van der Waals surface area contributed by atoms with E-state index in [0.717, 1.165) is 5.69 Å². The normalized spacial score (nSPS) is 12.4. The van der Waals surface area contributed by atoms with Gasteiger partial charge in [-0.2, -0.15) is 14.0 Å². The molecule has 2 aromatic rings. The smallest absolute Gasteiger partial charge is 0.456 e. The minimum Gasteiger partial charge on any atom is -0.456 e. The summed E-state index contributed by atoms with van der Waals surface area (Å²) in [5, 5.41) is 4.44. The van der Waals surface area contributed by atoms with Gasteiger partial charge in [-0.3, -0.25) is 4.99 Å². The van der Waals surface area contributed by atoms with Gasteiger partial charge in [0.2, 0.25) is 0 Å². The number of nitrogens with one attached hydrogen (secondary N) is 1. The SMILES string of the molecule is CN=c1ccc2c(-c3ccccc3C(=O)O[Cl+3]([O-])([O-])[O-])c3ccc(NC)cc3oc-2c1. The zero-order valence-corrected chi connectivity index (χ0v) is 17.3. The Morgan fingerprint density at radius 3 is 2.52 bits per heavy atom. The van der Waals surface area contributed by atoms with E-state index in [-0.39, 0.29) is 5.56 Å². The summed E-state index contributed by atoms with van der Waals surface area (Å²) in [6.07, 6.45) is 0. The molecule has 0 unspecified atom stereocenters. The maximum atomic E-state index is 12.5. The van der Waals surface area contributed by atoms with Crippen molar-refractivity contribution >= 4 is 22.6 Å². The Balaban J connectivity index is 2.07. The first-order valence-electron chi connectivity index (χ1n) is 9.16. The summed E-state index contributed by atoms with van der Waals surface area (Å²) in [5.74, 6) is -0.738. The molecule has 1 aliphatic heterocycles. The molecule has 0 spiro atoms. The van der Waals surface area contributed by atoms with Crippen LogP contribution in [0, 0.1) is 10.2 Å². The lowest BCUT2D eigenvalue weighted by molar-refractivity contribution is -1.92. The predicted octanol–water partition coefficient (Wildman–Crippen LogP) is 0.831. The quantitative estimate of drug-likeness (QED) is 0.464. The summed E-state index contributed by atoms with van der Waals surface area (Å²) in [6.45, 7) is 0. The number of fused-ring (bicyclic) bond motifs is 2. The molecule has 31 heavy (non-hydrogen) atoms. The van der Waals surface area contributed by atoms with E-state index in [1.165, 1.54) is 6.07 Å². The summed E-state index contributed by atoms with van der Waals surface area (Å²) in [7, 11) is -1.47. The summed E-state index contributed by atoms with van der Waals surface area (Å²) in [4.78, 5) is 16.6. The second kappa shape index (κ2) is 8.01. The largest absolute Gasteiger partial charge is 0.494 e. The number of anilines is 1. The summed E-state index contributed by atoms with van der Waals surface area (Å²) in [5.41, 5.74) is 3.01. The molecule has 2 aromatic carbocycles. The minimum absolute atomic E-state index is 0.0647. The number of halogens is 1. The Morgan fingerprint density at radius 2 is 1.81 bits per heavy atom. The third kappa shape index (κ3) is 4.10. The van der Waals surface area contributed by atoms with Crippen LogP contribution >= 0.6 is 0 Å². The molecule has 0 radical (unpaired) electrons. The van der Waals surface area contributed by atoms with Crippen molar-refractivity contribution < 1.29 is 37.7 Å². The Labute approximate surface area is 179 Å². The molecule has 0 atom stereocenters. The van der Waals surface area contributed by atoms with Crippen LogP contribution in [0.2, 0.25) is 0 Å². The van der Waals surface area contributed by atoms with E-state index in [1.54, 1.807) is 44.4 Å². The molecule has 0 fully saturated rings. The van der Waals surface area contributed by atoms with Gasteiger partial charge in [0.1, 0.15) is 21.6 Å². The van der Waals surface area contributed by atoms with E-state index < -0.39 is 16.2 Å². The number of hydrogen-bond donors (Lipinski definition) is 1. The van der Waals surface area contributed by atoms with Crippen LogP contribution in [0.1, 0.15) is 10.4 Å². The second-order valence-corrected chi connectivity index (χ2v) is 7.54. The Hall–Kier alpha value is -3.43. The molecule has 1 N–H and O–H groups in total. The third-order valence-electron chi connectivity index (χ3n) is 4.83. The molecule has 0 aromatic heterocycles. The molecule has 2 aliphatic rings. The van der Waals surface area contributed by atoms with Crippen molar-refractivity contribution in [3.63, 3.8) is 0 Å². The topological polar surface area (TPSA) is 133 Å². The van der Waals surface area contributed by atoms with Crippen molar-refractivity contribution in [2.75, 3.05) is 19.4 Å². The van der Waals surface area contributed by atoms with Crippen molar-refractivity contribution in [2.24, 2.45) is 4.99 Å². The molecule has 0 saturated heterocycles. The van der Waals surface area contributed by atoms with E-state index in [4.69, 9.17) is 4.42 Å². The Morgan fingerprint density at radius 1 is 1.03 bits per heavy atom. The first kappa shape index (κ1) is 20.8. The van der Waals surface area contributed by atoms with Crippen molar-refractivity contribution in [2.45, 2.75) is 0 Å². The summed E-state index contributed by atoms with van der Waals surface area (Å²) < 4.78 is 43.1. The number of rotatable bonds is 4. The standard InChI is InChI=1S/C22H17ClN2O6/c1-24-13-7-9-17-19(11-13)30-20-12-14(25-2)8-10-18(20)21(17)15-5-3-4-6-16(15)22(26)31-23(27,28)29/h3-12,24H,1-2H3. The van der Waals surface area contributed by atoms with Gasteiger partial charge in [-0.15, -0.1) is 0 Å². The van der Waals surface area contributed by atoms with Gasteiger partial charge in [0.05, 0.1) is 10.9 Å². The third-order valence-corrected chi connectivity index (χ3v) is 5.16. The van der Waals surface area contributed by atoms with Crippen molar-refractivity contribution in [1.82, 2.24) is 0 Å². The van der Waals surface area contributed by atoms with E-state index in [1.807, 2.05) is 24.3 Å². The van der Waals surface area contributed by atoms with Crippen molar-refractivity contribution in [3.05, 3.63) is 71.6 Å². The lowest BCUT2D eigenvalue weighted by atomic mass is 9.91. The highest BCUT2D eigenvalue weighted by Gasteiger charge is 2.31. The molecule has 158 valence electrons. The zero-order chi connectivity index (χ0) is 22.2. The monoisotopic (exact) mass is 440 g/mol. The molecule has 4 rings (SSSR count). The number of benzene rings is 3. The molecule has 0 amide bonds. The molecule has 9 heteroatoms. The van der Waals surface area contributed by atoms with E-state index >= 15 is 0 Å². The van der Waals surface area contributed by atoms with Gasteiger partial charge in [0.25, 0.3) is 0 Å². The van der Waals surface area contributed by atoms with E-state index in [2.05, 4.69) is 14.6 Å². The van der Waals surface area contributed by atoms with Gasteiger partial charge in [0, 0.05) is 48.4 Å². The maximum absolute atomic E-state index is 12.5. The van der Waals surface area contributed by atoms with Crippen LogP contribution in [0.5, 0.6) is 0 Å². The fraction of sp³-hybridized carbons (Fsp3) is 0.0909. The Bertz CT molecular complexity index is 1330. The van der Waals surface area contributed by atoms with Gasteiger partial charge in [-0.1, -0.05) is 18.2 Å². The first-order chi connectivity index (χ1) is 14.8. The fourth-order valence-electron chi connectivity index (χ4n) is 3.47. The predicted molar refractivity (Wildman–Crippen MR) is 105 cm³/mol. The number of hydrogen-bond acceptors (Lipinski definition) is 8. The lowest BCUT2D eigenvalue weighted by Gasteiger charge is -2.18. The highest BCUT2D eigenvalue weighted by atomic mass is 35.7. The van der Waals surface area contributed by atoms with Crippen LogP contribution in [-0.4, -0.2) is 20.1 Å². The van der Waals surface area contributed by atoms with Gasteiger partial charge >= 0.3 is 5.97 Å². The average molecular weight is 441 g/mol. The van der Waals surface area contributed by atoms with Crippen LogP contribution in [0.15, 0.2) is 70.1 Å². The van der Waals surface area contributed by atoms with Gasteiger partial charge in [-0.05, 0) is 40.2 Å². The van der Waals surface area contributed by atoms with Crippen LogP contribution in [0.3, 0.4) is 0 Å². The molecule has 1 aliphatic carbocycles. The molecule has 0 bridgehead atoms. The number of carbonyl (C=O) groups excluding carboxylic acids is 1. The molecule has 1 heterocycles. The fourth-order valence-corrected chi connectivity index (χ4v) is 3.72. The highest BCUT2D eigenvalue weighted by Crippen LogP contribution is 2.41. The zero-order valence-electron chi connectivity index (χ0n) is 16.5. The number of carbonyl (C=O) groups is 1. The molecular weight excluding hydrogens is 424 g/mol.